The minimum absolute atomic E-state index is 0.278. The van der Waals surface area contributed by atoms with Crippen molar-refractivity contribution in [3.63, 3.8) is 0 Å². The molecule has 1 aromatic carbocycles. The van der Waals surface area contributed by atoms with Crippen LogP contribution in [0.1, 0.15) is 16.9 Å². The Balaban J connectivity index is 1.56. The number of aromatic amines is 1. The largest absolute Gasteiger partial charge is 0.382 e. The summed E-state index contributed by atoms with van der Waals surface area (Å²) >= 11 is 8.19. The van der Waals surface area contributed by atoms with Gasteiger partial charge in [-0.3, -0.25) is 5.10 Å². The van der Waals surface area contributed by atoms with Crippen molar-refractivity contribution in [2.24, 2.45) is 0 Å². The Morgan fingerprint density at radius 1 is 1.31 bits per heavy atom. The van der Waals surface area contributed by atoms with E-state index in [1.165, 1.54) is 10.4 Å². The number of thiophene rings is 1. The second kappa shape index (κ2) is 7.21. The van der Waals surface area contributed by atoms with Crippen molar-refractivity contribution in [1.29, 1.82) is 0 Å². The Hall–Kier alpha value is -2.26. The molecular weight excluding hydrogens is 410 g/mol. The van der Waals surface area contributed by atoms with Gasteiger partial charge >= 0.3 is 0 Å². The van der Waals surface area contributed by atoms with Crippen molar-refractivity contribution < 1.29 is 9.47 Å². The molecule has 1 aliphatic rings. The molecule has 4 aromatic rings. The smallest absolute Gasteiger partial charge is 0.142 e. The fourth-order valence-electron chi connectivity index (χ4n) is 4.08. The van der Waals surface area contributed by atoms with Gasteiger partial charge in [-0.05, 0) is 30.5 Å². The first-order valence-corrected chi connectivity index (χ1v) is 10.5. The van der Waals surface area contributed by atoms with Gasteiger partial charge in [-0.1, -0.05) is 11.6 Å². The molecule has 0 fully saturated rings. The zero-order chi connectivity index (χ0) is 20.0. The third-order valence-electron chi connectivity index (χ3n) is 5.61. The minimum Gasteiger partial charge on any atom is -0.382 e. The Morgan fingerprint density at radius 3 is 3.03 bits per heavy atom. The van der Waals surface area contributed by atoms with Crippen LogP contribution >= 0.6 is 22.9 Å². The Kier molecular flexibility index (Phi) is 4.66. The number of benzene rings is 1. The first-order valence-electron chi connectivity index (χ1n) is 9.31. The number of methoxy groups -OCH3 is 2. The van der Waals surface area contributed by atoms with E-state index >= 15 is 0 Å². The summed E-state index contributed by atoms with van der Waals surface area (Å²) in [5.74, 6) is 0.772. The van der Waals surface area contributed by atoms with Gasteiger partial charge in [0, 0.05) is 30.9 Å². The third-order valence-corrected chi connectivity index (χ3v) is 7.06. The van der Waals surface area contributed by atoms with Crippen LogP contribution in [0.25, 0.3) is 21.1 Å². The number of nitrogens with zero attached hydrogens (tertiary/aromatic N) is 3. The van der Waals surface area contributed by atoms with Gasteiger partial charge in [-0.15, -0.1) is 11.3 Å². The van der Waals surface area contributed by atoms with E-state index in [0.29, 0.717) is 11.6 Å². The number of aryl methyl sites for hydroxylation is 1. The van der Waals surface area contributed by atoms with Crippen molar-refractivity contribution in [2.45, 2.75) is 24.9 Å². The molecule has 5 rings (SSSR count). The van der Waals surface area contributed by atoms with Gasteiger partial charge in [-0.25, -0.2) is 9.97 Å². The SMILES string of the molecule is COC[C@]1(OC)CCc2c(sc3ncnc(Nc4cc5cn[nH]c5cc4Cl)c23)C1. The number of rotatable bonds is 5. The van der Waals surface area contributed by atoms with E-state index in [0.717, 1.165) is 51.9 Å². The molecule has 7 nitrogen and oxygen atoms in total. The number of hydrogen-bond donors (Lipinski definition) is 2. The molecule has 2 N–H and O–H groups in total. The van der Waals surface area contributed by atoms with Crippen molar-refractivity contribution in [3.05, 3.63) is 40.1 Å². The number of nitrogens with one attached hydrogen (secondary N) is 2. The summed E-state index contributed by atoms with van der Waals surface area (Å²) in [6.45, 7) is 0.578. The standard InChI is InChI=1S/C20H20ClN5O2S/c1-27-9-20(28-2)4-3-12-16(7-20)29-19-17(12)18(22-10-23-19)25-15-5-11-8-24-26-14(11)6-13(15)21/h5-6,8,10H,3-4,7,9H2,1-2H3,(H,24,26)(H,22,23,25)/t20-/m0/s1. The van der Waals surface area contributed by atoms with E-state index in [-0.39, 0.29) is 5.60 Å². The molecule has 9 heteroatoms. The number of hydrogen-bond acceptors (Lipinski definition) is 7. The van der Waals surface area contributed by atoms with Crippen LogP contribution in [0.15, 0.2) is 24.7 Å². The molecule has 1 aliphatic carbocycles. The molecule has 0 saturated heterocycles. The molecule has 1 atom stereocenters. The summed E-state index contributed by atoms with van der Waals surface area (Å²) in [7, 11) is 3.48. The normalized spacial score (nSPS) is 19.0. The van der Waals surface area contributed by atoms with Crippen LogP contribution < -0.4 is 5.32 Å². The van der Waals surface area contributed by atoms with Crippen molar-refractivity contribution in [2.75, 3.05) is 26.1 Å². The molecule has 0 radical (unpaired) electrons. The fraction of sp³-hybridized carbons (Fsp3) is 0.350. The van der Waals surface area contributed by atoms with Gasteiger partial charge in [0.1, 0.15) is 17.0 Å². The molecule has 0 amide bonds. The minimum atomic E-state index is -0.278. The first kappa shape index (κ1) is 18.7. The average Bonchev–Trinajstić information content (AvgIpc) is 3.32. The molecular formula is C20H20ClN5O2S. The molecule has 3 aromatic heterocycles. The number of fused-ring (bicyclic) bond motifs is 4. The highest BCUT2D eigenvalue weighted by molar-refractivity contribution is 7.19. The van der Waals surface area contributed by atoms with Gasteiger partial charge in [0.05, 0.1) is 40.0 Å². The van der Waals surface area contributed by atoms with Crippen LogP contribution in [0.5, 0.6) is 0 Å². The summed E-state index contributed by atoms with van der Waals surface area (Å²) in [5.41, 5.74) is 2.70. The van der Waals surface area contributed by atoms with Gasteiger partial charge in [-0.2, -0.15) is 5.10 Å². The van der Waals surface area contributed by atoms with Gasteiger partial charge < -0.3 is 14.8 Å². The molecule has 0 bridgehead atoms. The quantitative estimate of drug-likeness (QED) is 0.486. The summed E-state index contributed by atoms with van der Waals surface area (Å²) in [5, 5.41) is 13.1. The van der Waals surface area contributed by atoms with E-state index in [1.54, 1.807) is 38.1 Å². The van der Waals surface area contributed by atoms with E-state index in [1.807, 2.05) is 12.1 Å². The van der Waals surface area contributed by atoms with Crippen LogP contribution in [-0.2, 0) is 22.3 Å². The number of halogens is 1. The highest BCUT2D eigenvalue weighted by Gasteiger charge is 2.37. The van der Waals surface area contributed by atoms with Gasteiger partial charge in [0.15, 0.2) is 0 Å². The zero-order valence-corrected chi connectivity index (χ0v) is 17.7. The van der Waals surface area contributed by atoms with E-state index in [2.05, 4.69) is 25.5 Å². The molecule has 0 saturated carbocycles. The molecule has 3 heterocycles. The molecule has 0 unspecified atom stereocenters. The maximum absolute atomic E-state index is 6.49. The lowest BCUT2D eigenvalue weighted by Gasteiger charge is -2.35. The fourth-order valence-corrected chi connectivity index (χ4v) is 5.61. The predicted molar refractivity (Wildman–Crippen MR) is 115 cm³/mol. The van der Waals surface area contributed by atoms with E-state index in [9.17, 15) is 0 Å². The number of aromatic nitrogens is 4. The predicted octanol–water partition coefficient (Wildman–Crippen LogP) is 4.48. The van der Waals surface area contributed by atoms with Crippen LogP contribution in [0.3, 0.4) is 0 Å². The Labute approximate surface area is 176 Å². The maximum atomic E-state index is 6.49. The van der Waals surface area contributed by atoms with Gasteiger partial charge in [0.2, 0.25) is 0 Å². The monoisotopic (exact) mass is 429 g/mol. The second-order valence-electron chi connectivity index (χ2n) is 7.32. The lowest BCUT2D eigenvalue weighted by atomic mass is 9.84. The van der Waals surface area contributed by atoms with Crippen molar-refractivity contribution in [3.8, 4) is 0 Å². The lowest BCUT2D eigenvalue weighted by molar-refractivity contribution is -0.0714. The van der Waals surface area contributed by atoms with E-state index < -0.39 is 0 Å². The molecule has 150 valence electrons. The average molecular weight is 430 g/mol. The van der Waals surface area contributed by atoms with Crippen molar-refractivity contribution in [1.82, 2.24) is 20.2 Å². The second-order valence-corrected chi connectivity index (χ2v) is 8.81. The van der Waals surface area contributed by atoms with Crippen molar-refractivity contribution >= 4 is 55.6 Å². The van der Waals surface area contributed by atoms with Crippen LogP contribution in [0, 0.1) is 0 Å². The highest BCUT2D eigenvalue weighted by atomic mass is 35.5. The maximum Gasteiger partial charge on any atom is 0.142 e. The summed E-state index contributed by atoms with van der Waals surface area (Å²) in [4.78, 5) is 11.3. The molecule has 0 aliphatic heterocycles. The van der Waals surface area contributed by atoms with Crippen LogP contribution in [-0.4, -0.2) is 46.6 Å². The highest BCUT2D eigenvalue weighted by Crippen LogP contribution is 2.43. The zero-order valence-electron chi connectivity index (χ0n) is 16.1. The lowest BCUT2D eigenvalue weighted by Crippen LogP contribution is -2.41. The molecule has 29 heavy (non-hydrogen) atoms. The van der Waals surface area contributed by atoms with Crippen LogP contribution in [0.4, 0.5) is 11.5 Å². The number of H-pyrrole nitrogens is 1. The topological polar surface area (TPSA) is 84.9 Å². The third kappa shape index (κ3) is 3.16. The van der Waals surface area contributed by atoms with E-state index in [4.69, 9.17) is 21.1 Å². The summed E-state index contributed by atoms with van der Waals surface area (Å²) in [6.07, 6.45) is 5.97. The first-order chi connectivity index (χ1) is 14.1. The van der Waals surface area contributed by atoms with Crippen LogP contribution in [0.2, 0.25) is 5.02 Å². The number of ether oxygens (including phenoxy) is 2. The van der Waals surface area contributed by atoms with Gasteiger partial charge in [0.25, 0.3) is 0 Å². The summed E-state index contributed by atoms with van der Waals surface area (Å²) in [6, 6.07) is 3.84. The Morgan fingerprint density at radius 2 is 2.21 bits per heavy atom. The molecule has 0 spiro atoms. The Bertz CT molecular complexity index is 1210. The number of anilines is 2. The summed E-state index contributed by atoms with van der Waals surface area (Å²) < 4.78 is 11.3.